The highest BCUT2D eigenvalue weighted by Crippen LogP contribution is 2.34. The molecule has 112 valence electrons. The van der Waals surface area contributed by atoms with Gasteiger partial charge in [0.05, 0.1) is 12.1 Å². The Morgan fingerprint density at radius 1 is 1.60 bits per heavy atom. The fourth-order valence-electron chi connectivity index (χ4n) is 2.18. The summed E-state index contributed by atoms with van der Waals surface area (Å²) in [6, 6.07) is 0. The maximum Gasteiger partial charge on any atom is 0.434 e. The van der Waals surface area contributed by atoms with Gasteiger partial charge in [0, 0.05) is 25.6 Å². The van der Waals surface area contributed by atoms with Gasteiger partial charge in [-0.3, -0.25) is 4.79 Å². The van der Waals surface area contributed by atoms with E-state index in [4.69, 9.17) is 4.74 Å². The summed E-state index contributed by atoms with van der Waals surface area (Å²) >= 11 is 0.737. The number of hydrogen-bond acceptors (Lipinski definition) is 4. The third-order valence-corrected chi connectivity index (χ3v) is 3.98. The largest absolute Gasteiger partial charge is 0.434 e. The van der Waals surface area contributed by atoms with Crippen LogP contribution in [-0.2, 0) is 10.9 Å². The molecule has 0 saturated carbocycles. The second-order valence-corrected chi connectivity index (χ2v) is 5.45. The number of halogens is 3. The standard InChI is InChI=1S/C12H15F3N2O2S/c1-2-19-6-8-3-4-17(5-8)11(18)9-10(12(13,14)15)16-7-20-9/h7-8H,2-6H2,1H3/t8-/m0/s1. The Morgan fingerprint density at radius 2 is 2.35 bits per heavy atom. The Bertz CT molecular complexity index is 476. The van der Waals surface area contributed by atoms with E-state index in [9.17, 15) is 18.0 Å². The first-order chi connectivity index (χ1) is 9.43. The second kappa shape index (κ2) is 6.09. The minimum Gasteiger partial charge on any atom is -0.381 e. The van der Waals surface area contributed by atoms with Gasteiger partial charge in [-0.05, 0) is 13.3 Å². The Kier molecular flexibility index (Phi) is 4.64. The molecule has 0 aromatic carbocycles. The monoisotopic (exact) mass is 308 g/mol. The van der Waals surface area contributed by atoms with Crippen molar-refractivity contribution in [2.75, 3.05) is 26.3 Å². The number of carbonyl (C=O) groups excluding carboxylic acids is 1. The highest BCUT2D eigenvalue weighted by Gasteiger charge is 2.40. The number of likely N-dealkylation sites (tertiary alicyclic amines) is 1. The lowest BCUT2D eigenvalue weighted by Crippen LogP contribution is -2.30. The molecule has 0 aliphatic carbocycles. The van der Waals surface area contributed by atoms with Crippen molar-refractivity contribution in [2.24, 2.45) is 5.92 Å². The molecule has 1 amide bonds. The summed E-state index contributed by atoms with van der Waals surface area (Å²) in [5.41, 5.74) is -0.0233. The van der Waals surface area contributed by atoms with Crippen molar-refractivity contribution in [2.45, 2.75) is 19.5 Å². The maximum absolute atomic E-state index is 12.7. The van der Waals surface area contributed by atoms with E-state index in [0.29, 0.717) is 26.3 Å². The molecule has 2 rings (SSSR count). The molecule has 1 aromatic heterocycles. The molecule has 8 heteroatoms. The molecule has 0 N–H and O–H groups in total. The number of aromatic nitrogens is 1. The molecule has 2 heterocycles. The number of ether oxygens (including phenoxy) is 1. The highest BCUT2D eigenvalue weighted by atomic mass is 32.1. The van der Waals surface area contributed by atoms with E-state index in [1.807, 2.05) is 6.92 Å². The highest BCUT2D eigenvalue weighted by molar-refractivity contribution is 7.11. The van der Waals surface area contributed by atoms with Crippen LogP contribution in [0.25, 0.3) is 0 Å². The van der Waals surface area contributed by atoms with E-state index in [2.05, 4.69) is 4.98 Å². The average Bonchev–Trinajstić information content (AvgIpc) is 3.03. The molecular weight excluding hydrogens is 293 g/mol. The fourth-order valence-corrected chi connectivity index (χ4v) is 2.95. The summed E-state index contributed by atoms with van der Waals surface area (Å²) < 4.78 is 43.5. The Labute approximate surface area is 118 Å². The number of carbonyl (C=O) groups is 1. The Balaban J connectivity index is 2.04. The van der Waals surface area contributed by atoms with Crippen molar-refractivity contribution in [1.82, 2.24) is 9.88 Å². The van der Waals surface area contributed by atoms with Crippen molar-refractivity contribution in [3.63, 3.8) is 0 Å². The summed E-state index contributed by atoms with van der Waals surface area (Å²) in [6.07, 6.45) is -3.83. The van der Waals surface area contributed by atoms with Crippen LogP contribution in [0.15, 0.2) is 5.51 Å². The number of hydrogen-bond donors (Lipinski definition) is 0. The topological polar surface area (TPSA) is 42.4 Å². The molecular formula is C12H15F3N2O2S. The molecule has 1 aliphatic rings. The SMILES string of the molecule is CCOC[C@H]1CCN(C(=O)c2scnc2C(F)(F)F)C1. The van der Waals surface area contributed by atoms with Gasteiger partial charge < -0.3 is 9.64 Å². The van der Waals surface area contributed by atoms with E-state index in [0.717, 1.165) is 23.3 Å². The zero-order chi connectivity index (χ0) is 14.8. The molecule has 1 saturated heterocycles. The maximum atomic E-state index is 12.7. The third kappa shape index (κ3) is 3.29. The fraction of sp³-hybridized carbons (Fsp3) is 0.667. The Morgan fingerprint density at radius 3 is 3.00 bits per heavy atom. The Hall–Kier alpha value is -1.15. The lowest BCUT2D eigenvalue weighted by atomic mass is 10.1. The molecule has 20 heavy (non-hydrogen) atoms. The van der Waals surface area contributed by atoms with Crippen LogP contribution in [0.2, 0.25) is 0 Å². The molecule has 1 fully saturated rings. The van der Waals surface area contributed by atoms with Crippen LogP contribution in [0.4, 0.5) is 13.2 Å². The van der Waals surface area contributed by atoms with Crippen molar-refractivity contribution in [3.05, 3.63) is 16.1 Å². The van der Waals surface area contributed by atoms with Gasteiger partial charge in [-0.1, -0.05) is 0 Å². The average molecular weight is 308 g/mol. The molecule has 0 radical (unpaired) electrons. The number of alkyl halides is 3. The van der Waals surface area contributed by atoms with E-state index >= 15 is 0 Å². The number of amides is 1. The predicted octanol–water partition coefficient (Wildman–Crippen LogP) is 2.66. The van der Waals surface area contributed by atoms with Crippen molar-refractivity contribution in [3.8, 4) is 0 Å². The summed E-state index contributed by atoms with van der Waals surface area (Å²) in [7, 11) is 0. The zero-order valence-electron chi connectivity index (χ0n) is 10.9. The predicted molar refractivity (Wildman–Crippen MR) is 67.6 cm³/mol. The summed E-state index contributed by atoms with van der Waals surface area (Å²) in [4.78, 5) is 16.5. The molecule has 0 unspecified atom stereocenters. The van der Waals surface area contributed by atoms with Gasteiger partial charge >= 0.3 is 6.18 Å². The molecule has 4 nitrogen and oxygen atoms in total. The van der Waals surface area contributed by atoms with Crippen molar-refractivity contribution >= 4 is 17.2 Å². The van der Waals surface area contributed by atoms with E-state index in [1.165, 1.54) is 4.90 Å². The van der Waals surface area contributed by atoms with Crippen molar-refractivity contribution in [1.29, 1.82) is 0 Å². The smallest absolute Gasteiger partial charge is 0.381 e. The van der Waals surface area contributed by atoms with Gasteiger partial charge in [0.15, 0.2) is 5.69 Å². The van der Waals surface area contributed by atoms with Crippen LogP contribution in [0.1, 0.15) is 28.7 Å². The first-order valence-electron chi connectivity index (χ1n) is 6.31. The molecule has 0 spiro atoms. The molecule has 1 atom stereocenters. The summed E-state index contributed by atoms with van der Waals surface area (Å²) in [6.45, 7) is 3.91. The minimum absolute atomic E-state index is 0.196. The van der Waals surface area contributed by atoms with Crippen molar-refractivity contribution < 1.29 is 22.7 Å². The summed E-state index contributed by atoms with van der Waals surface area (Å²) in [5, 5.41) is 0. The summed E-state index contributed by atoms with van der Waals surface area (Å²) in [5.74, 6) is -0.389. The normalized spacial score (nSPS) is 19.6. The number of thiazole rings is 1. The van der Waals surface area contributed by atoms with Crippen LogP contribution < -0.4 is 0 Å². The number of rotatable bonds is 4. The van der Waals surface area contributed by atoms with E-state index < -0.39 is 17.8 Å². The first-order valence-corrected chi connectivity index (χ1v) is 7.19. The zero-order valence-corrected chi connectivity index (χ0v) is 11.8. The minimum atomic E-state index is -4.59. The van der Waals surface area contributed by atoms with Gasteiger partial charge in [-0.2, -0.15) is 13.2 Å². The second-order valence-electron chi connectivity index (χ2n) is 4.59. The van der Waals surface area contributed by atoms with E-state index in [-0.39, 0.29) is 10.8 Å². The van der Waals surface area contributed by atoms with Gasteiger partial charge in [0.2, 0.25) is 0 Å². The van der Waals surface area contributed by atoms with Crippen LogP contribution >= 0.6 is 11.3 Å². The van der Waals surface area contributed by atoms with Crippen LogP contribution in [0.5, 0.6) is 0 Å². The number of nitrogens with zero attached hydrogens (tertiary/aromatic N) is 2. The van der Waals surface area contributed by atoms with Gasteiger partial charge in [-0.15, -0.1) is 11.3 Å². The third-order valence-electron chi connectivity index (χ3n) is 3.16. The lowest BCUT2D eigenvalue weighted by molar-refractivity contribution is -0.141. The molecule has 1 aliphatic heterocycles. The lowest BCUT2D eigenvalue weighted by Gasteiger charge is -2.16. The van der Waals surface area contributed by atoms with Crippen LogP contribution in [0, 0.1) is 5.92 Å². The van der Waals surface area contributed by atoms with Gasteiger partial charge in [-0.25, -0.2) is 4.98 Å². The van der Waals surface area contributed by atoms with E-state index in [1.54, 1.807) is 0 Å². The quantitative estimate of drug-likeness (QED) is 0.859. The molecule has 1 aromatic rings. The van der Waals surface area contributed by atoms with Crippen LogP contribution in [0.3, 0.4) is 0 Å². The van der Waals surface area contributed by atoms with Crippen LogP contribution in [-0.4, -0.2) is 42.1 Å². The van der Waals surface area contributed by atoms with Gasteiger partial charge in [0.1, 0.15) is 4.88 Å². The van der Waals surface area contributed by atoms with Gasteiger partial charge in [0.25, 0.3) is 5.91 Å². The first kappa shape index (κ1) is 15.2. The molecule has 0 bridgehead atoms.